The summed E-state index contributed by atoms with van der Waals surface area (Å²) in [6.45, 7) is 12.2. The summed E-state index contributed by atoms with van der Waals surface area (Å²) >= 11 is 0. The van der Waals surface area contributed by atoms with Crippen LogP contribution in [0.15, 0.2) is 255 Å². The van der Waals surface area contributed by atoms with Gasteiger partial charge in [-0.2, -0.15) is 0 Å². The van der Waals surface area contributed by atoms with E-state index in [1.54, 1.807) is 28.4 Å². The lowest BCUT2D eigenvalue weighted by molar-refractivity contribution is 0.122. The van der Waals surface area contributed by atoms with Gasteiger partial charge >= 0.3 is 0 Å². The highest BCUT2D eigenvalue weighted by Gasteiger charge is 2.25. The molecule has 4 aliphatic heterocycles. The molecule has 4 saturated heterocycles. The molecule has 530 valence electrons. The maximum absolute atomic E-state index is 5.94. The number of morpholine rings is 4. The molecule has 4 fully saturated rings. The number of benzene rings is 13. The van der Waals surface area contributed by atoms with Crippen molar-refractivity contribution >= 4 is 88.1 Å². The molecule has 12 heteroatoms. The summed E-state index contributed by atoms with van der Waals surface area (Å²) in [7, 11) is 6.93. The van der Waals surface area contributed by atoms with Crippen molar-refractivity contribution in [2.75, 3.05) is 153 Å². The molecule has 13 aromatic rings. The number of nitrogens with zero attached hydrogens (tertiary/aromatic N) is 4. The van der Waals surface area contributed by atoms with Gasteiger partial charge in [-0.3, -0.25) is 0 Å². The van der Waals surface area contributed by atoms with Gasteiger partial charge in [0.05, 0.1) is 81.3 Å². The highest BCUT2D eigenvalue weighted by Crippen LogP contribution is 2.37. The van der Waals surface area contributed by atoms with Crippen LogP contribution in [0.4, 0.5) is 22.7 Å². The molecule has 0 spiro atoms. The first-order valence-corrected chi connectivity index (χ1v) is 37.1. The molecule has 12 nitrogen and oxygen atoms in total. The largest absolute Gasteiger partial charge is 0.497 e. The van der Waals surface area contributed by atoms with E-state index < -0.39 is 0 Å². The molecule has 0 saturated carbocycles. The third-order valence-electron chi connectivity index (χ3n) is 21.8. The Morgan fingerprint density at radius 1 is 0.217 bits per heavy atom. The maximum atomic E-state index is 5.94. The fraction of sp³-hybridized carbons (Fsp3) is 0.213. The van der Waals surface area contributed by atoms with E-state index in [1.807, 2.05) is 0 Å². The zero-order valence-corrected chi connectivity index (χ0v) is 60.6. The predicted octanol–water partition coefficient (Wildman–Crippen LogP) is 14.7. The second-order valence-corrected chi connectivity index (χ2v) is 27.5. The van der Waals surface area contributed by atoms with Gasteiger partial charge in [-0.05, 0) is 240 Å². The Hall–Kier alpha value is -11.4. The quantitative estimate of drug-likeness (QED) is 0.0864. The minimum atomic E-state index is 0.691. The zero-order valence-electron chi connectivity index (χ0n) is 60.6. The molecule has 13 aromatic carbocycles. The lowest BCUT2D eigenvalue weighted by atomic mass is 9.82. The average Bonchev–Trinajstić information content (AvgIpc) is 0.699. The SMILES string of the molecule is COc1ccc(C(c2ccc(OC)cc2)=c2c3ccccc3c(=C(c3ccc(OC)cc3)c3ccc(OC)cc3)c3cc4c(=C(c5ccc(N6CCOCC6)cc5)c5ccc(N6CCOCC6)cc5)c5ccccc5c(=C(c5ccc(N6CCOCC6)cc5)c5ccc(N6CCOCC6)cc5)c4cc23)cc1. The van der Waals surface area contributed by atoms with Gasteiger partial charge in [-0.15, -0.1) is 0 Å². The Labute approximate surface area is 619 Å². The molecule has 0 unspecified atom stereocenters. The van der Waals surface area contributed by atoms with E-state index in [2.05, 4.69) is 274 Å². The smallest absolute Gasteiger partial charge is 0.118 e. The highest BCUT2D eigenvalue weighted by atomic mass is 16.5. The Morgan fingerprint density at radius 2 is 0.387 bits per heavy atom. The minimum absolute atomic E-state index is 0.691. The molecule has 0 N–H and O–H groups in total. The van der Waals surface area contributed by atoms with Crippen LogP contribution in [0.5, 0.6) is 23.0 Å². The van der Waals surface area contributed by atoms with Gasteiger partial charge in [0.1, 0.15) is 23.0 Å². The van der Waals surface area contributed by atoms with Crippen LogP contribution in [-0.4, -0.2) is 134 Å². The third-order valence-corrected chi connectivity index (χ3v) is 21.8. The van der Waals surface area contributed by atoms with Crippen LogP contribution in [-0.2, 0) is 18.9 Å². The van der Waals surface area contributed by atoms with Crippen molar-refractivity contribution in [3.63, 3.8) is 0 Å². The molecule has 4 heterocycles. The zero-order chi connectivity index (χ0) is 71.5. The van der Waals surface area contributed by atoms with Crippen molar-refractivity contribution in [2.45, 2.75) is 0 Å². The Kier molecular flexibility index (Phi) is 19.4. The van der Waals surface area contributed by atoms with Gasteiger partial charge in [0.15, 0.2) is 0 Å². The molecule has 0 atom stereocenters. The van der Waals surface area contributed by atoms with Crippen LogP contribution >= 0.6 is 0 Å². The summed E-state index contributed by atoms with van der Waals surface area (Å²) in [5.41, 5.74) is 17.6. The second kappa shape index (κ2) is 30.4. The molecule has 0 amide bonds. The number of hydrogen-bond donors (Lipinski definition) is 0. The van der Waals surface area contributed by atoms with E-state index in [1.165, 1.54) is 22.7 Å². The summed E-state index contributed by atoms with van der Waals surface area (Å²) in [4.78, 5) is 9.78. The molecule has 0 radical (unpaired) electrons. The van der Waals surface area contributed by atoms with Crippen molar-refractivity contribution in [3.8, 4) is 23.0 Å². The van der Waals surface area contributed by atoms with Crippen LogP contribution in [0.2, 0.25) is 0 Å². The van der Waals surface area contributed by atoms with Crippen LogP contribution in [0, 0.1) is 0 Å². The molecular formula is C94H86N4O8. The van der Waals surface area contributed by atoms with Crippen LogP contribution in [0.1, 0.15) is 44.5 Å². The normalized spacial score (nSPS) is 14.9. The molecule has 0 aliphatic carbocycles. The first-order chi connectivity index (χ1) is 52.4. The number of anilines is 4. The van der Waals surface area contributed by atoms with Gasteiger partial charge in [0, 0.05) is 75.1 Å². The summed E-state index contributed by atoms with van der Waals surface area (Å²) in [6.07, 6.45) is 0. The fourth-order valence-electron chi connectivity index (χ4n) is 16.4. The number of fused-ring (bicyclic) bond motifs is 4. The maximum Gasteiger partial charge on any atom is 0.118 e. The van der Waals surface area contributed by atoms with E-state index in [-0.39, 0.29) is 0 Å². The summed E-state index contributed by atoms with van der Waals surface area (Å²) in [6, 6.07) is 95.2. The summed E-state index contributed by atoms with van der Waals surface area (Å²) < 4.78 is 47.4. The first kappa shape index (κ1) is 67.8. The number of rotatable bonds is 16. The standard InChI is InChI=1S/C94H86N4O8/c1-99-75-37-21-67(22-38-75)89(68-23-39-76(100-2)40-24-68)93-81-11-7-8-12-82(81)94(90(69-25-41-77(101-3)42-26-69)70-27-43-78(102-4)44-28-70)86-62-84-83(61-85(86)93)91(87(63-13-29-71(30-14-63)95-45-53-103-54-46-95)64-15-31-72(32-16-64)96-47-55-104-56-48-96)79-9-5-6-10-80(79)92(84)88(65-17-33-73(34-18-65)97-49-57-105-58-50-97)66-19-35-74(36-20-66)98-51-59-106-60-52-98/h5-44,61-62H,45-60H2,1-4H3. The molecule has 106 heavy (non-hydrogen) atoms. The van der Waals surface area contributed by atoms with Crippen LogP contribution in [0.3, 0.4) is 0 Å². The van der Waals surface area contributed by atoms with E-state index in [9.17, 15) is 0 Å². The molecule has 4 aliphatic rings. The monoisotopic (exact) mass is 1400 g/mol. The van der Waals surface area contributed by atoms with Gasteiger partial charge < -0.3 is 57.5 Å². The summed E-state index contributed by atoms with van der Waals surface area (Å²) in [5.74, 6) is 3.09. The number of hydrogen-bond acceptors (Lipinski definition) is 12. The molecule has 0 bridgehead atoms. The van der Waals surface area contributed by atoms with Crippen LogP contribution < -0.4 is 59.4 Å². The Bertz CT molecular complexity index is 5040. The number of ether oxygens (including phenoxy) is 8. The van der Waals surface area contributed by atoms with E-state index in [0.29, 0.717) is 52.9 Å². The molecule has 17 rings (SSSR count). The van der Waals surface area contributed by atoms with Crippen molar-refractivity contribution in [2.24, 2.45) is 0 Å². The average molecular weight is 1400 g/mol. The van der Waals surface area contributed by atoms with Gasteiger partial charge in [0.25, 0.3) is 0 Å². The van der Waals surface area contributed by atoms with Gasteiger partial charge in [-0.1, -0.05) is 146 Å². The van der Waals surface area contributed by atoms with Crippen molar-refractivity contribution in [1.82, 2.24) is 0 Å². The third kappa shape index (κ3) is 13.2. The predicted molar refractivity (Wildman–Crippen MR) is 431 cm³/mol. The van der Waals surface area contributed by atoms with Crippen LogP contribution in [0.25, 0.3) is 65.4 Å². The van der Waals surface area contributed by atoms with Crippen molar-refractivity contribution in [3.05, 3.63) is 320 Å². The van der Waals surface area contributed by atoms with E-state index in [4.69, 9.17) is 37.9 Å². The van der Waals surface area contributed by atoms with Crippen molar-refractivity contribution < 1.29 is 37.9 Å². The van der Waals surface area contributed by atoms with E-state index in [0.717, 1.165) is 206 Å². The van der Waals surface area contributed by atoms with Gasteiger partial charge in [0.2, 0.25) is 0 Å². The second-order valence-electron chi connectivity index (χ2n) is 27.5. The first-order valence-electron chi connectivity index (χ1n) is 37.1. The number of methoxy groups -OCH3 is 4. The topological polar surface area (TPSA) is 86.8 Å². The van der Waals surface area contributed by atoms with E-state index >= 15 is 0 Å². The Balaban J connectivity index is 1.15. The Morgan fingerprint density at radius 3 is 0.557 bits per heavy atom. The lowest BCUT2D eigenvalue weighted by Gasteiger charge is -2.29. The summed E-state index contributed by atoms with van der Waals surface area (Å²) in [5, 5.41) is 13.2. The van der Waals surface area contributed by atoms with Crippen molar-refractivity contribution in [1.29, 1.82) is 0 Å². The van der Waals surface area contributed by atoms with Gasteiger partial charge in [-0.25, -0.2) is 0 Å². The molecular weight excluding hydrogens is 1310 g/mol. The lowest BCUT2D eigenvalue weighted by Crippen LogP contribution is -2.36. The highest BCUT2D eigenvalue weighted by molar-refractivity contribution is 6.15. The minimum Gasteiger partial charge on any atom is -0.497 e. The fourth-order valence-corrected chi connectivity index (χ4v) is 16.4. The molecule has 0 aromatic heterocycles.